The van der Waals surface area contributed by atoms with Gasteiger partial charge < -0.3 is 5.32 Å². The largest absolute Gasteiger partial charge is 0.352 e. The zero-order valence-electron chi connectivity index (χ0n) is 10.1. The van der Waals surface area contributed by atoms with Crippen LogP contribution in [0.4, 0.5) is 0 Å². The fourth-order valence-electron chi connectivity index (χ4n) is 1.64. The molecule has 0 spiro atoms. The van der Waals surface area contributed by atoms with Gasteiger partial charge in [-0.05, 0) is 59.5 Å². The van der Waals surface area contributed by atoms with E-state index in [2.05, 4.69) is 38.1 Å². The topological polar surface area (TPSA) is 29.1 Å². The maximum Gasteiger partial charge on any atom is 0.251 e. The van der Waals surface area contributed by atoms with Gasteiger partial charge in [-0.1, -0.05) is 15.9 Å². The Labute approximate surface area is 119 Å². The zero-order chi connectivity index (χ0) is 13.0. The van der Waals surface area contributed by atoms with Gasteiger partial charge in [0.2, 0.25) is 0 Å². The third-order valence-corrected chi connectivity index (χ3v) is 4.32. The predicted molar refractivity (Wildman–Crippen MR) is 79.2 cm³/mol. The highest BCUT2D eigenvalue weighted by atomic mass is 79.9. The molecule has 0 fully saturated rings. The molecule has 0 atom stereocenters. The van der Waals surface area contributed by atoms with Crippen molar-refractivity contribution in [2.75, 3.05) is 6.54 Å². The first-order valence-electron chi connectivity index (χ1n) is 5.72. The van der Waals surface area contributed by atoms with Crippen LogP contribution < -0.4 is 5.32 Å². The van der Waals surface area contributed by atoms with Gasteiger partial charge in [0.25, 0.3) is 5.91 Å². The van der Waals surface area contributed by atoms with Crippen molar-refractivity contribution in [2.45, 2.75) is 13.3 Å². The lowest BCUT2D eigenvalue weighted by Gasteiger charge is -2.06. The molecule has 0 unspecified atom stereocenters. The van der Waals surface area contributed by atoms with Crippen LogP contribution >= 0.6 is 27.3 Å². The number of hydrogen-bond donors (Lipinski definition) is 1. The van der Waals surface area contributed by atoms with Crippen LogP contribution in [0.3, 0.4) is 0 Å². The van der Waals surface area contributed by atoms with Crippen molar-refractivity contribution in [1.82, 2.24) is 5.32 Å². The van der Waals surface area contributed by atoms with E-state index < -0.39 is 0 Å². The van der Waals surface area contributed by atoms with E-state index in [0.29, 0.717) is 12.1 Å². The van der Waals surface area contributed by atoms with E-state index in [1.165, 1.54) is 5.56 Å². The second kappa shape index (κ2) is 6.16. The van der Waals surface area contributed by atoms with E-state index in [4.69, 9.17) is 0 Å². The number of aryl methyl sites for hydroxylation is 1. The number of nitrogens with one attached hydrogen (secondary N) is 1. The molecule has 0 saturated heterocycles. The van der Waals surface area contributed by atoms with Gasteiger partial charge >= 0.3 is 0 Å². The van der Waals surface area contributed by atoms with Crippen molar-refractivity contribution in [3.8, 4) is 0 Å². The Morgan fingerprint density at radius 1 is 1.39 bits per heavy atom. The Balaban J connectivity index is 1.89. The molecule has 0 saturated carbocycles. The van der Waals surface area contributed by atoms with Crippen LogP contribution in [-0.2, 0) is 6.42 Å². The second-order valence-electron chi connectivity index (χ2n) is 4.10. The predicted octanol–water partition coefficient (Wildman–Crippen LogP) is 3.79. The Morgan fingerprint density at radius 3 is 2.89 bits per heavy atom. The van der Waals surface area contributed by atoms with Gasteiger partial charge in [-0.25, -0.2) is 0 Å². The van der Waals surface area contributed by atoms with E-state index in [1.54, 1.807) is 11.3 Å². The quantitative estimate of drug-likeness (QED) is 0.911. The van der Waals surface area contributed by atoms with E-state index >= 15 is 0 Å². The van der Waals surface area contributed by atoms with Gasteiger partial charge in [0, 0.05) is 16.6 Å². The summed E-state index contributed by atoms with van der Waals surface area (Å²) in [4.78, 5) is 11.9. The van der Waals surface area contributed by atoms with Crippen molar-refractivity contribution < 1.29 is 4.79 Å². The van der Waals surface area contributed by atoms with E-state index in [1.807, 2.05) is 25.1 Å². The summed E-state index contributed by atoms with van der Waals surface area (Å²) >= 11 is 5.11. The molecule has 0 aliphatic heterocycles. The SMILES string of the molecule is Cc1cc(C(=O)NCCc2ccsc2)ccc1Br. The lowest BCUT2D eigenvalue weighted by molar-refractivity contribution is 0.0954. The molecule has 1 N–H and O–H groups in total. The first-order chi connectivity index (χ1) is 8.66. The summed E-state index contributed by atoms with van der Waals surface area (Å²) in [5.74, 6) is -0.0131. The number of halogens is 1. The fourth-order valence-corrected chi connectivity index (χ4v) is 2.59. The third kappa shape index (κ3) is 3.43. The van der Waals surface area contributed by atoms with Gasteiger partial charge in [-0.15, -0.1) is 0 Å². The molecule has 18 heavy (non-hydrogen) atoms. The number of rotatable bonds is 4. The maximum absolute atomic E-state index is 11.9. The molecular formula is C14H14BrNOS. The lowest BCUT2D eigenvalue weighted by Crippen LogP contribution is -2.25. The Morgan fingerprint density at radius 2 is 2.22 bits per heavy atom. The molecule has 94 valence electrons. The molecule has 2 aromatic rings. The van der Waals surface area contributed by atoms with Crippen molar-refractivity contribution in [3.05, 3.63) is 56.2 Å². The fraction of sp³-hybridized carbons (Fsp3) is 0.214. The molecule has 4 heteroatoms. The standard InChI is InChI=1S/C14H14BrNOS/c1-10-8-12(2-3-13(10)15)14(17)16-6-4-11-5-7-18-9-11/h2-3,5,7-9H,4,6H2,1H3,(H,16,17). The Kier molecular flexibility index (Phi) is 4.55. The third-order valence-electron chi connectivity index (χ3n) is 2.70. The van der Waals surface area contributed by atoms with E-state index in [-0.39, 0.29) is 5.91 Å². The highest BCUT2D eigenvalue weighted by Crippen LogP contribution is 2.17. The summed E-state index contributed by atoms with van der Waals surface area (Å²) in [7, 11) is 0. The van der Waals surface area contributed by atoms with Crippen LogP contribution in [0.25, 0.3) is 0 Å². The normalized spacial score (nSPS) is 10.3. The molecule has 2 nitrogen and oxygen atoms in total. The molecule has 1 aromatic carbocycles. The van der Waals surface area contributed by atoms with Gasteiger partial charge in [0.05, 0.1) is 0 Å². The highest BCUT2D eigenvalue weighted by molar-refractivity contribution is 9.10. The summed E-state index contributed by atoms with van der Waals surface area (Å²) in [6.07, 6.45) is 0.880. The number of thiophene rings is 1. The van der Waals surface area contributed by atoms with Crippen molar-refractivity contribution in [3.63, 3.8) is 0 Å². The Hall–Kier alpha value is -1.13. The highest BCUT2D eigenvalue weighted by Gasteiger charge is 2.06. The molecule has 0 bridgehead atoms. The second-order valence-corrected chi connectivity index (χ2v) is 5.74. The van der Waals surface area contributed by atoms with Gasteiger partial charge in [0.15, 0.2) is 0 Å². The average molecular weight is 324 g/mol. The van der Waals surface area contributed by atoms with Crippen molar-refractivity contribution >= 4 is 33.2 Å². The minimum absolute atomic E-state index is 0.0131. The smallest absolute Gasteiger partial charge is 0.251 e. The summed E-state index contributed by atoms with van der Waals surface area (Å²) in [6.45, 7) is 2.65. The molecule has 0 aliphatic rings. The van der Waals surface area contributed by atoms with Crippen LogP contribution in [-0.4, -0.2) is 12.5 Å². The van der Waals surface area contributed by atoms with Gasteiger partial charge in [0.1, 0.15) is 0 Å². The minimum Gasteiger partial charge on any atom is -0.352 e. The van der Waals surface area contributed by atoms with E-state index in [0.717, 1.165) is 16.5 Å². The molecular weight excluding hydrogens is 310 g/mol. The van der Waals surface area contributed by atoms with Crippen molar-refractivity contribution in [1.29, 1.82) is 0 Å². The molecule has 0 radical (unpaired) electrons. The molecule has 2 rings (SSSR count). The molecule has 1 aromatic heterocycles. The molecule has 1 heterocycles. The number of hydrogen-bond acceptors (Lipinski definition) is 2. The van der Waals surface area contributed by atoms with Crippen molar-refractivity contribution in [2.24, 2.45) is 0 Å². The van der Waals surface area contributed by atoms with Crippen LogP contribution in [0.15, 0.2) is 39.5 Å². The molecule has 0 aliphatic carbocycles. The number of benzene rings is 1. The first-order valence-corrected chi connectivity index (χ1v) is 7.46. The average Bonchev–Trinajstić information content (AvgIpc) is 2.85. The number of carbonyl (C=O) groups excluding carboxylic acids is 1. The lowest BCUT2D eigenvalue weighted by atomic mass is 10.1. The summed E-state index contributed by atoms with van der Waals surface area (Å²) in [6, 6.07) is 7.71. The minimum atomic E-state index is -0.0131. The number of amides is 1. The van der Waals surface area contributed by atoms with Gasteiger partial charge in [-0.3, -0.25) is 4.79 Å². The number of carbonyl (C=O) groups is 1. The molecule has 1 amide bonds. The summed E-state index contributed by atoms with van der Waals surface area (Å²) in [5, 5.41) is 7.09. The summed E-state index contributed by atoms with van der Waals surface area (Å²) < 4.78 is 1.03. The van der Waals surface area contributed by atoms with Gasteiger partial charge in [-0.2, -0.15) is 11.3 Å². The Bertz CT molecular complexity index is 537. The van der Waals surface area contributed by atoms with Crippen LogP contribution in [0.2, 0.25) is 0 Å². The van der Waals surface area contributed by atoms with E-state index in [9.17, 15) is 4.79 Å². The monoisotopic (exact) mass is 323 g/mol. The maximum atomic E-state index is 11.9. The van der Waals surface area contributed by atoms with Crippen LogP contribution in [0, 0.1) is 6.92 Å². The zero-order valence-corrected chi connectivity index (χ0v) is 12.5. The first kappa shape index (κ1) is 13.3. The van der Waals surface area contributed by atoms with Crippen LogP contribution in [0.1, 0.15) is 21.5 Å². The summed E-state index contributed by atoms with van der Waals surface area (Å²) in [5.41, 5.74) is 3.05. The van der Waals surface area contributed by atoms with Crippen LogP contribution in [0.5, 0.6) is 0 Å².